The predicted octanol–water partition coefficient (Wildman–Crippen LogP) is 3.59. The van der Waals surface area contributed by atoms with E-state index in [-0.39, 0.29) is 51.2 Å². The van der Waals surface area contributed by atoms with Crippen molar-refractivity contribution in [3.8, 4) is 6.07 Å². The minimum absolute atomic E-state index is 0.0441. The van der Waals surface area contributed by atoms with E-state index < -0.39 is 30.5 Å². The Hall–Kier alpha value is -3.68. The van der Waals surface area contributed by atoms with Gasteiger partial charge in [-0.15, -0.1) is 0 Å². The molecule has 3 rings (SSSR count). The molecule has 2 aromatic carbocycles. The number of nitriles is 1. The van der Waals surface area contributed by atoms with E-state index in [1.54, 1.807) is 0 Å². The molecule has 5 N–H and O–H groups in total. The summed E-state index contributed by atoms with van der Waals surface area (Å²) in [6, 6.07) is 8.17. The fourth-order valence-electron chi connectivity index (χ4n) is 3.36. The number of hydrogen-bond acceptors (Lipinski definition) is 5. The average Bonchev–Trinajstić information content (AvgIpc) is 2.80. The molecule has 2 aromatic rings. The standard InChI is InChI=1S/C22H18Cl2F2N6O2/c23-15-6-13(3-1-12(15)8-27)31-22(34)32-9-14(7-25)30-18(10-32)19(21(29)33)20(28)11-2-4-17(26)16(24)5-11/h1-6,14,28,30H,7,9-10H2,(H2,29,33)(H,31,34)/b19-18+,28-20?. The highest BCUT2D eigenvalue weighted by atomic mass is 35.5. The molecule has 176 valence electrons. The first kappa shape index (κ1) is 25.0. The first-order valence-electron chi connectivity index (χ1n) is 9.80. The molecule has 1 fully saturated rings. The highest BCUT2D eigenvalue weighted by molar-refractivity contribution is 6.32. The van der Waals surface area contributed by atoms with Gasteiger partial charge in [0.1, 0.15) is 18.6 Å². The molecule has 1 aliphatic heterocycles. The van der Waals surface area contributed by atoms with E-state index in [1.807, 2.05) is 6.07 Å². The molecule has 1 heterocycles. The number of nitrogens with two attached hydrogens (primary N) is 1. The highest BCUT2D eigenvalue weighted by Gasteiger charge is 2.31. The fraction of sp³-hybridized carbons (Fsp3) is 0.182. The Bertz CT molecular complexity index is 1240. The number of halogens is 4. The molecule has 0 spiro atoms. The van der Waals surface area contributed by atoms with E-state index in [9.17, 15) is 18.4 Å². The van der Waals surface area contributed by atoms with Gasteiger partial charge in [-0.25, -0.2) is 13.6 Å². The molecule has 0 saturated carbocycles. The van der Waals surface area contributed by atoms with Gasteiger partial charge in [0.25, 0.3) is 5.91 Å². The highest BCUT2D eigenvalue weighted by Crippen LogP contribution is 2.23. The Kier molecular flexibility index (Phi) is 7.71. The van der Waals surface area contributed by atoms with Gasteiger partial charge in [0.05, 0.1) is 39.5 Å². The minimum atomic E-state index is -0.994. The molecule has 0 aromatic heterocycles. The lowest BCUT2D eigenvalue weighted by Gasteiger charge is -2.35. The summed E-state index contributed by atoms with van der Waals surface area (Å²) in [5.41, 5.74) is 5.56. The van der Waals surface area contributed by atoms with Crippen LogP contribution in [-0.4, -0.2) is 48.4 Å². The van der Waals surface area contributed by atoms with Gasteiger partial charge in [-0.2, -0.15) is 5.26 Å². The molecule has 1 saturated heterocycles. The summed E-state index contributed by atoms with van der Waals surface area (Å²) in [5.74, 6) is -1.70. The van der Waals surface area contributed by atoms with Crippen LogP contribution in [0.5, 0.6) is 0 Å². The Morgan fingerprint density at radius 3 is 2.59 bits per heavy atom. The molecule has 0 radical (unpaired) electrons. The molecule has 12 heteroatoms. The number of carbonyl (C=O) groups excluding carboxylic acids is 2. The maximum absolute atomic E-state index is 13.6. The summed E-state index contributed by atoms with van der Waals surface area (Å²) in [7, 11) is 0. The van der Waals surface area contributed by atoms with Crippen LogP contribution in [0.15, 0.2) is 47.7 Å². The van der Waals surface area contributed by atoms with E-state index >= 15 is 0 Å². The average molecular weight is 507 g/mol. The second-order valence-electron chi connectivity index (χ2n) is 7.33. The van der Waals surface area contributed by atoms with Gasteiger partial charge in [-0.05, 0) is 36.4 Å². The molecule has 1 unspecified atom stereocenters. The number of carbonyl (C=O) groups is 2. The van der Waals surface area contributed by atoms with Crippen LogP contribution in [-0.2, 0) is 4.79 Å². The van der Waals surface area contributed by atoms with E-state index in [0.29, 0.717) is 5.69 Å². The van der Waals surface area contributed by atoms with Crippen LogP contribution in [0.4, 0.5) is 19.3 Å². The number of hydrogen-bond donors (Lipinski definition) is 4. The molecule has 34 heavy (non-hydrogen) atoms. The minimum Gasteiger partial charge on any atom is -0.379 e. The largest absolute Gasteiger partial charge is 0.379 e. The number of piperazine rings is 1. The van der Waals surface area contributed by atoms with Crippen molar-refractivity contribution in [1.29, 1.82) is 10.7 Å². The maximum atomic E-state index is 13.6. The molecular formula is C22H18Cl2F2N6O2. The molecule has 0 aliphatic carbocycles. The second kappa shape index (κ2) is 10.5. The third-order valence-electron chi connectivity index (χ3n) is 4.99. The lowest BCUT2D eigenvalue weighted by atomic mass is 9.98. The van der Waals surface area contributed by atoms with Crippen molar-refractivity contribution < 1.29 is 18.4 Å². The Labute approximate surface area is 203 Å². The maximum Gasteiger partial charge on any atom is 0.322 e. The van der Waals surface area contributed by atoms with Gasteiger partial charge < -0.3 is 21.3 Å². The number of primary amides is 1. The summed E-state index contributed by atoms with van der Waals surface area (Å²) in [4.78, 5) is 26.3. The smallest absolute Gasteiger partial charge is 0.322 e. The van der Waals surface area contributed by atoms with Gasteiger partial charge in [-0.1, -0.05) is 23.2 Å². The van der Waals surface area contributed by atoms with Crippen molar-refractivity contribution in [2.24, 2.45) is 5.73 Å². The van der Waals surface area contributed by atoms with E-state index in [0.717, 1.165) is 12.1 Å². The Morgan fingerprint density at radius 2 is 2.00 bits per heavy atom. The zero-order valence-electron chi connectivity index (χ0n) is 17.5. The topological polar surface area (TPSA) is 135 Å². The quantitative estimate of drug-likeness (QED) is 0.364. The first-order chi connectivity index (χ1) is 16.1. The fourth-order valence-corrected chi connectivity index (χ4v) is 3.76. The van der Waals surface area contributed by atoms with Crippen LogP contribution in [0.2, 0.25) is 10.0 Å². The first-order valence-corrected chi connectivity index (χ1v) is 10.6. The Morgan fingerprint density at radius 1 is 1.26 bits per heavy atom. The monoisotopic (exact) mass is 506 g/mol. The van der Waals surface area contributed by atoms with Crippen molar-refractivity contribution in [3.63, 3.8) is 0 Å². The molecule has 8 nitrogen and oxygen atoms in total. The van der Waals surface area contributed by atoms with Crippen LogP contribution in [0.1, 0.15) is 11.1 Å². The van der Waals surface area contributed by atoms with Crippen LogP contribution < -0.4 is 16.4 Å². The van der Waals surface area contributed by atoms with Gasteiger partial charge in [0.15, 0.2) is 0 Å². The molecule has 0 bridgehead atoms. The summed E-state index contributed by atoms with van der Waals surface area (Å²) in [6.07, 6.45) is 0. The van der Waals surface area contributed by atoms with E-state index in [2.05, 4.69) is 10.6 Å². The van der Waals surface area contributed by atoms with Gasteiger partial charge in [0.2, 0.25) is 0 Å². The number of urea groups is 1. The van der Waals surface area contributed by atoms with Crippen molar-refractivity contribution in [1.82, 2.24) is 10.2 Å². The van der Waals surface area contributed by atoms with Crippen molar-refractivity contribution >= 4 is 46.5 Å². The molecular weight excluding hydrogens is 489 g/mol. The zero-order valence-corrected chi connectivity index (χ0v) is 19.0. The van der Waals surface area contributed by atoms with Crippen LogP contribution in [0, 0.1) is 22.6 Å². The number of anilines is 1. The predicted molar refractivity (Wildman–Crippen MR) is 124 cm³/mol. The lowest BCUT2D eigenvalue weighted by Crippen LogP contribution is -2.54. The van der Waals surface area contributed by atoms with Crippen molar-refractivity contribution in [3.05, 3.63) is 74.7 Å². The SMILES string of the molecule is N#Cc1ccc(NC(=O)N2C/C(=C(/C(=N)c3ccc(F)c(Cl)c3)C(N)=O)NC(CF)C2)cc1Cl. The molecule has 1 aliphatic rings. The summed E-state index contributed by atoms with van der Waals surface area (Å²) >= 11 is 11.8. The van der Waals surface area contributed by atoms with Gasteiger partial charge >= 0.3 is 6.03 Å². The second-order valence-corrected chi connectivity index (χ2v) is 8.15. The normalized spacial score (nSPS) is 16.8. The third kappa shape index (κ3) is 5.44. The van der Waals surface area contributed by atoms with Crippen LogP contribution >= 0.6 is 23.2 Å². The summed E-state index contributed by atoms with van der Waals surface area (Å²) in [5, 5.41) is 22.7. The van der Waals surface area contributed by atoms with Crippen LogP contribution in [0.3, 0.4) is 0 Å². The third-order valence-corrected chi connectivity index (χ3v) is 5.59. The number of nitrogens with zero attached hydrogens (tertiary/aromatic N) is 2. The Balaban J connectivity index is 1.92. The zero-order chi connectivity index (χ0) is 25.0. The van der Waals surface area contributed by atoms with Gasteiger partial charge in [0, 0.05) is 23.5 Å². The number of amides is 3. The number of benzene rings is 2. The van der Waals surface area contributed by atoms with Crippen molar-refractivity contribution in [2.75, 3.05) is 25.1 Å². The van der Waals surface area contributed by atoms with E-state index in [4.69, 9.17) is 39.6 Å². The summed E-state index contributed by atoms with van der Waals surface area (Å²) < 4.78 is 27.1. The lowest BCUT2D eigenvalue weighted by molar-refractivity contribution is -0.114. The van der Waals surface area contributed by atoms with E-state index in [1.165, 1.54) is 29.2 Å². The van der Waals surface area contributed by atoms with Gasteiger partial charge in [-0.3, -0.25) is 10.2 Å². The molecule has 1 atom stereocenters. The number of alkyl halides is 1. The molecule has 3 amide bonds. The van der Waals surface area contributed by atoms with Crippen molar-refractivity contribution in [2.45, 2.75) is 6.04 Å². The number of nitrogens with one attached hydrogen (secondary N) is 3. The van der Waals surface area contributed by atoms with Crippen LogP contribution in [0.25, 0.3) is 0 Å². The summed E-state index contributed by atoms with van der Waals surface area (Å²) in [6.45, 7) is -1.11. The number of rotatable bonds is 5.